The fourth-order valence-electron chi connectivity index (χ4n) is 2.22. The van der Waals surface area contributed by atoms with Gasteiger partial charge in [0.2, 0.25) is 5.89 Å². The number of nitrogens with one attached hydrogen (secondary N) is 2. The van der Waals surface area contributed by atoms with E-state index in [0.29, 0.717) is 16.6 Å². The van der Waals surface area contributed by atoms with Crippen molar-refractivity contribution < 1.29 is 4.42 Å². The van der Waals surface area contributed by atoms with Crippen molar-refractivity contribution in [1.29, 1.82) is 0 Å². The average Bonchev–Trinajstić information content (AvgIpc) is 2.95. The summed E-state index contributed by atoms with van der Waals surface area (Å²) in [7, 11) is 0. The van der Waals surface area contributed by atoms with Crippen LogP contribution in [-0.4, -0.2) is 15.2 Å². The standard InChI is InChI=1S/C13H13N3OS/c1-8(6-12-15-16-13(18)17-12)10-7-14-11-5-3-2-4-9(10)11/h2-5,7-8,14H,6H2,1H3,(H,16,18). The van der Waals surface area contributed by atoms with Gasteiger partial charge in [-0.3, -0.25) is 0 Å². The molecule has 1 atom stereocenters. The first-order chi connectivity index (χ1) is 8.74. The zero-order chi connectivity index (χ0) is 12.5. The van der Waals surface area contributed by atoms with Gasteiger partial charge in [-0.2, -0.15) is 0 Å². The van der Waals surface area contributed by atoms with Gasteiger partial charge in [-0.05, 0) is 29.8 Å². The Kier molecular flexibility index (Phi) is 2.76. The molecule has 4 nitrogen and oxygen atoms in total. The van der Waals surface area contributed by atoms with E-state index in [0.717, 1.165) is 11.9 Å². The van der Waals surface area contributed by atoms with Crippen LogP contribution in [0.4, 0.5) is 0 Å². The van der Waals surface area contributed by atoms with Gasteiger partial charge in [0.15, 0.2) is 0 Å². The predicted molar refractivity (Wildman–Crippen MR) is 72.1 cm³/mol. The normalized spacial score (nSPS) is 12.9. The van der Waals surface area contributed by atoms with Crippen molar-refractivity contribution in [1.82, 2.24) is 15.2 Å². The van der Waals surface area contributed by atoms with Crippen molar-refractivity contribution in [3.63, 3.8) is 0 Å². The monoisotopic (exact) mass is 259 g/mol. The molecule has 2 aromatic heterocycles. The Labute approximate surface area is 109 Å². The largest absolute Gasteiger partial charge is 0.414 e. The molecule has 0 spiro atoms. The third kappa shape index (κ3) is 1.97. The number of H-pyrrole nitrogens is 2. The number of aromatic nitrogens is 3. The van der Waals surface area contributed by atoms with Gasteiger partial charge in [0.25, 0.3) is 4.84 Å². The first-order valence-corrected chi connectivity index (χ1v) is 6.25. The minimum Gasteiger partial charge on any atom is -0.414 e. The number of nitrogens with zero attached hydrogens (tertiary/aromatic N) is 1. The molecule has 1 aromatic carbocycles. The van der Waals surface area contributed by atoms with Crippen molar-refractivity contribution >= 4 is 23.1 Å². The molecule has 0 aliphatic heterocycles. The fourth-order valence-corrected chi connectivity index (χ4v) is 2.36. The second kappa shape index (κ2) is 4.42. The van der Waals surface area contributed by atoms with E-state index in [1.165, 1.54) is 10.9 Å². The molecule has 3 aromatic rings. The highest BCUT2D eigenvalue weighted by molar-refractivity contribution is 7.71. The summed E-state index contributed by atoms with van der Waals surface area (Å²) in [5.41, 5.74) is 2.43. The Balaban J connectivity index is 1.92. The summed E-state index contributed by atoms with van der Waals surface area (Å²) in [4.78, 5) is 3.61. The highest BCUT2D eigenvalue weighted by atomic mass is 32.1. The van der Waals surface area contributed by atoms with Crippen LogP contribution in [0, 0.1) is 4.84 Å². The van der Waals surface area contributed by atoms with Gasteiger partial charge in [-0.1, -0.05) is 25.1 Å². The third-order valence-electron chi connectivity index (χ3n) is 3.12. The number of aromatic amines is 2. The second-order valence-corrected chi connectivity index (χ2v) is 4.77. The summed E-state index contributed by atoms with van der Waals surface area (Å²) < 4.78 is 5.30. The predicted octanol–water partition coefficient (Wildman–Crippen LogP) is 3.56. The van der Waals surface area contributed by atoms with Crippen molar-refractivity contribution in [3.05, 3.63) is 46.8 Å². The second-order valence-electron chi connectivity index (χ2n) is 4.40. The Hall–Kier alpha value is -1.88. The van der Waals surface area contributed by atoms with E-state index in [2.05, 4.69) is 40.4 Å². The highest BCUT2D eigenvalue weighted by Gasteiger charge is 2.14. The lowest BCUT2D eigenvalue weighted by Gasteiger charge is -2.07. The molecule has 3 rings (SSSR count). The van der Waals surface area contributed by atoms with Crippen molar-refractivity contribution in [2.75, 3.05) is 0 Å². The molecule has 2 heterocycles. The van der Waals surface area contributed by atoms with Gasteiger partial charge in [-0.15, -0.1) is 5.10 Å². The Morgan fingerprint density at radius 3 is 3.00 bits per heavy atom. The molecule has 18 heavy (non-hydrogen) atoms. The van der Waals surface area contributed by atoms with Crippen LogP contribution in [0.25, 0.3) is 10.9 Å². The fraction of sp³-hybridized carbons (Fsp3) is 0.231. The molecule has 0 saturated heterocycles. The van der Waals surface area contributed by atoms with E-state index >= 15 is 0 Å². The third-order valence-corrected chi connectivity index (χ3v) is 3.29. The smallest absolute Gasteiger partial charge is 0.284 e. The van der Waals surface area contributed by atoms with Crippen LogP contribution in [0.3, 0.4) is 0 Å². The molecule has 0 bridgehead atoms. The molecule has 5 heteroatoms. The summed E-state index contributed by atoms with van der Waals surface area (Å²) in [6.07, 6.45) is 2.78. The first-order valence-electron chi connectivity index (χ1n) is 5.84. The zero-order valence-electron chi connectivity index (χ0n) is 9.93. The van der Waals surface area contributed by atoms with Gasteiger partial charge < -0.3 is 9.40 Å². The van der Waals surface area contributed by atoms with E-state index < -0.39 is 0 Å². The van der Waals surface area contributed by atoms with E-state index in [1.807, 2.05) is 12.1 Å². The quantitative estimate of drug-likeness (QED) is 0.707. The van der Waals surface area contributed by atoms with Gasteiger partial charge in [0, 0.05) is 23.5 Å². The highest BCUT2D eigenvalue weighted by Crippen LogP contribution is 2.27. The summed E-state index contributed by atoms with van der Waals surface area (Å²) >= 11 is 4.87. The lowest BCUT2D eigenvalue weighted by molar-refractivity contribution is 0.466. The van der Waals surface area contributed by atoms with Crippen molar-refractivity contribution in [3.8, 4) is 0 Å². The summed E-state index contributed by atoms with van der Waals surface area (Å²) in [6.45, 7) is 2.16. The molecule has 0 radical (unpaired) electrons. The van der Waals surface area contributed by atoms with Gasteiger partial charge in [0.1, 0.15) is 0 Å². The maximum atomic E-state index is 5.30. The topological polar surface area (TPSA) is 57.6 Å². The number of fused-ring (bicyclic) bond motifs is 1. The van der Waals surface area contributed by atoms with Gasteiger partial charge in [0.05, 0.1) is 0 Å². The Morgan fingerprint density at radius 2 is 2.22 bits per heavy atom. The van der Waals surface area contributed by atoms with Crippen LogP contribution in [0.5, 0.6) is 0 Å². The van der Waals surface area contributed by atoms with E-state index in [9.17, 15) is 0 Å². The van der Waals surface area contributed by atoms with Crippen molar-refractivity contribution in [2.45, 2.75) is 19.3 Å². The number of hydrogen-bond acceptors (Lipinski definition) is 3. The Morgan fingerprint density at radius 1 is 1.39 bits per heavy atom. The number of rotatable bonds is 3. The molecule has 0 aliphatic carbocycles. The van der Waals surface area contributed by atoms with Crippen LogP contribution in [0.2, 0.25) is 0 Å². The van der Waals surface area contributed by atoms with E-state index in [1.54, 1.807) is 0 Å². The van der Waals surface area contributed by atoms with E-state index in [-0.39, 0.29) is 0 Å². The Bertz CT molecular complexity index is 725. The minimum absolute atomic E-state index is 0.322. The molecule has 0 saturated carbocycles. The molecular formula is C13H13N3OS. The van der Waals surface area contributed by atoms with Gasteiger partial charge in [-0.25, -0.2) is 5.10 Å². The molecule has 92 valence electrons. The maximum Gasteiger partial charge on any atom is 0.284 e. The summed E-state index contributed by atoms with van der Waals surface area (Å²) in [5.74, 6) is 0.973. The lowest BCUT2D eigenvalue weighted by atomic mass is 9.97. The molecule has 1 unspecified atom stereocenters. The zero-order valence-corrected chi connectivity index (χ0v) is 10.8. The maximum absolute atomic E-state index is 5.30. The minimum atomic E-state index is 0.322. The summed E-state index contributed by atoms with van der Waals surface area (Å²) in [6, 6.07) is 8.27. The SMILES string of the molecule is CC(Cc1n[nH]c(=S)o1)c1c[nH]c2ccccc12. The van der Waals surface area contributed by atoms with Crippen LogP contribution in [0.15, 0.2) is 34.9 Å². The van der Waals surface area contributed by atoms with Crippen LogP contribution < -0.4 is 0 Å². The lowest BCUT2D eigenvalue weighted by Crippen LogP contribution is -1.98. The molecular weight excluding hydrogens is 246 g/mol. The van der Waals surface area contributed by atoms with Crippen molar-refractivity contribution in [2.24, 2.45) is 0 Å². The molecule has 0 fully saturated rings. The van der Waals surface area contributed by atoms with Gasteiger partial charge >= 0.3 is 0 Å². The average molecular weight is 259 g/mol. The molecule has 2 N–H and O–H groups in total. The number of para-hydroxylation sites is 1. The molecule has 0 aliphatic rings. The van der Waals surface area contributed by atoms with Crippen LogP contribution in [0.1, 0.15) is 24.3 Å². The summed E-state index contributed by atoms with van der Waals surface area (Å²) in [5, 5.41) is 7.94. The first kappa shape index (κ1) is 11.2. The van der Waals surface area contributed by atoms with Crippen LogP contribution in [-0.2, 0) is 6.42 Å². The molecule has 0 amide bonds. The van der Waals surface area contributed by atoms with Crippen LogP contribution >= 0.6 is 12.2 Å². The number of benzene rings is 1. The van der Waals surface area contributed by atoms with E-state index in [4.69, 9.17) is 16.6 Å². The number of hydrogen-bond donors (Lipinski definition) is 2.